The number of rotatable bonds is 6. The fraction of sp³-hybridized carbons (Fsp3) is 0.778. The molecular formula is C27H44O3. The number of hydrogen-bond donors (Lipinski definition) is 3. The first-order chi connectivity index (χ1) is 14.0. The molecule has 3 N–H and O–H groups in total. The second-order valence-electron chi connectivity index (χ2n) is 11.3. The van der Waals surface area contributed by atoms with Gasteiger partial charge in [0.25, 0.3) is 0 Å². The van der Waals surface area contributed by atoms with E-state index in [1.54, 1.807) is 5.57 Å². The van der Waals surface area contributed by atoms with Gasteiger partial charge in [0.15, 0.2) is 0 Å². The second-order valence-corrected chi connectivity index (χ2v) is 11.3. The van der Waals surface area contributed by atoms with Crippen molar-refractivity contribution < 1.29 is 15.3 Å². The summed E-state index contributed by atoms with van der Waals surface area (Å²) in [5, 5.41) is 30.6. The zero-order valence-corrected chi connectivity index (χ0v) is 19.7. The lowest BCUT2D eigenvalue weighted by atomic mass is 9.62. The minimum absolute atomic E-state index is 0.146. The van der Waals surface area contributed by atoms with Gasteiger partial charge < -0.3 is 15.3 Å². The number of allylic oxidation sites excluding steroid dienone is 3. The molecule has 0 heterocycles. The van der Waals surface area contributed by atoms with Crippen molar-refractivity contribution in [2.75, 3.05) is 0 Å². The van der Waals surface area contributed by atoms with E-state index in [1.165, 1.54) is 44.9 Å². The molecule has 0 amide bonds. The highest BCUT2D eigenvalue weighted by Crippen LogP contribution is 2.58. The van der Waals surface area contributed by atoms with Crippen LogP contribution in [0.15, 0.2) is 35.5 Å². The van der Waals surface area contributed by atoms with E-state index >= 15 is 0 Å². The van der Waals surface area contributed by atoms with Crippen molar-refractivity contribution in [3.63, 3.8) is 0 Å². The number of unbranched alkanes of at least 4 members (excludes halogenated alkanes) is 1. The molecule has 3 aliphatic rings. The molecule has 0 radical (unpaired) electrons. The van der Waals surface area contributed by atoms with E-state index in [4.69, 9.17) is 0 Å². The molecule has 0 aromatic rings. The summed E-state index contributed by atoms with van der Waals surface area (Å²) in [6.45, 7) is 12.3. The molecule has 30 heavy (non-hydrogen) atoms. The van der Waals surface area contributed by atoms with Crippen LogP contribution in [0.25, 0.3) is 0 Å². The first kappa shape index (κ1) is 23.8. The molecule has 6 unspecified atom stereocenters. The Morgan fingerprint density at radius 3 is 2.60 bits per heavy atom. The molecule has 3 aliphatic carbocycles. The molecule has 170 valence electrons. The highest BCUT2D eigenvalue weighted by Gasteiger charge is 2.48. The number of hydrogen-bond acceptors (Lipinski definition) is 3. The van der Waals surface area contributed by atoms with Gasteiger partial charge in [-0.25, -0.2) is 0 Å². The fourth-order valence-electron chi connectivity index (χ4n) is 6.41. The van der Waals surface area contributed by atoms with Gasteiger partial charge in [-0.2, -0.15) is 0 Å². The summed E-state index contributed by atoms with van der Waals surface area (Å²) in [6, 6.07) is 0. The maximum Gasteiger partial charge on any atom is 0.0837 e. The maximum atomic E-state index is 10.4. The van der Waals surface area contributed by atoms with E-state index < -0.39 is 17.8 Å². The van der Waals surface area contributed by atoms with Crippen LogP contribution in [0.1, 0.15) is 91.9 Å². The predicted molar refractivity (Wildman–Crippen MR) is 124 cm³/mol. The normalized spacial score (nSPS) is 40.2. The van der Waals surface area contributed by atoms with Gasteiger partial charge in [0.2, 0.25) is 0 Å². The van der Waals surface area contributed by atoms with Crippen LogP contribution < -0.4 is 0 Å². The van der Waals surface area contributed by atoms with Crippen molar-refractivity contribution in [1.29, 1.82) is 0 Å². The number of aliphatic hydroxyl groups excluding tert-OH is 2. The first-order valence-electron chi connectivity index (χ1n) is 12.2. The number of aliphatic hydroxyl groups is 3. The Bertz CT molecular complexity index is 683. The van der Waals surface area contributed by atoms with Gasteiger partial charge in [0, 0.05) is 5.92 Å². The van der Waals surface area contributed by atoms with Crippen LogP contribution >= 0.6 is 0 Å². The lowest BCUT2D eigenvalue weighted by Gasteiger charge is -2.42. The van der Waals surface area contributed by atoms with E-state index in [0.717, 1.165) is 29.9 Å². The molecule has 3 rings (SSSR count). The quantitative estimate of drug-likeness (QED) is 0.486. The van der Waals surface area contributed by atoms with E-state index in [2.05, 4.69) is 25.7 Å². The Morgan fingerprint density at radius 1 is 1.17 bits per heavy atom. The number of fused-ring (bicyclic) bond motifs is 1. The second kappa shape index (κ2) is 9.30. The molecule has 3 nitrogen and oxygen atoms in total. The van der Waals surface area contributed by atoms with Crippen LogP contribution in [0.3, 0.4) is 0 Å². The van der Waals surface area contributed by atoms with Gasteiger partial charge in [-0.3, -0.25) is 0 Å². The summed E-state index contributed by atoms with van der Waals surface area (Å²) in [5.74, 6) is 1.30. The summed E-state index contributed by atoms with van der Waals surface area (Å²) in [6.07, 6.45) is 14.7. The van der Waals surface area contributed by atoms with Gasteiger partial charge in [-0.15, -0.1) is 0 Å². The van der Waals surface area contributed by atoms with Gasteiger partial charge >= 0.3 is 0 Å². The highest BCUT2D eigenvalue weighted by atomic mass is 16.3. The monoisotopic (exact) mass is 416 g/mol. The third kappa shape index (κ3) is 5.11. The average Bonchev–Trinajstić information content (AvgIpc) is 3.01. The van der Waals surface area contributed by atoms with Crippen molar-refractivity contribution in [2.24, 2.45) is 23.2 Å². The Labute approximate surface area is 184 Å². The van der Waals surface area contributed by atoms with Crippen molar-refractivity contribution in [3.05, 3.63) is 35.5 Å². The average molecular weight is 417 g/mol. The Hall–Kier alpha value is -0.900. The topological polar surface area (TPSA) is 60.7 Å². The van der Waals surface area contributed by atoms with Crippen LogP contribution in [0.2, 0.25) is 0 Å². The summed E-state index contributed by atoms with van der Waals surface area (Å²) in [7, 11) is 0. The molecule has 0 spiro atoms. The summed E-state index contributed by atoms with van der Waals surface area (Å²) >= 11 is 0. The van der Waals surface area contributed by atoms with Crippen molar-refractivity contribution >= 4 is 0 Å². The zero-order valence-electron chi connectivity index (χ0n) is 19.7. The predicted octanol–water partition coefficient (Wildman–Crippen LogP) is 5.70. The molecule has 0 aliphatic heterocycles. The summed E-state index contributed by atoms with van der Waals surface area (Å²) in [4.78, 5) is 0. The summed E-state index contributed by atoms with van der Waals surface area (Å²) < 4.78 is 0. The third-order valence-electron chi connectivity index (χ3n) is 8.55. The van der Waals surface area contributed by atoms with E-state index in [9.17, 15) is 15.3 Å². The van der Waals surface area contributed by atoms with Gasteiger partial charge in [0.05, 0.1) is 17.8 Å². The summed E-state index contributed by atoms with van der Waals surface area (Å²) in [5.41, 5.74) is 3.20. The van der Waals surface area contributed by atoms with E-state index in [0.29, 0.717) is 17.8 Å². The van der Waals surface area contributed by atoms with Crippen LogP contribution in [-0.2, 0) is 0 Å². The van der Waals surface area contributed by atoms with Crippen LogP contribution in [0.4, 0.5) is 0 Å². The van der Waals surface area contributed by atoms with Crippen molar-refractivity contribution in [2.45, 2.75) is 110 Å². The highest BCUT2D eigenvalue weighted by molar-refractivity contribution is 5.39. The molecular weight excluding hydrogens is 372 g/mol. The van der Waals surface area contributed by atoms with Crippen LogP contribution in [0, 0.1) is 23.2 Å². The van der Waals surface area contributed by atoms with Crippen molar-refractivity contribution in [1.82, 2.24) is 0 Å². The molecule has 0 aromatic heterocycles. The molecule has 0 aromatic carbocycles. The van der Waals surface area contributed by atoms with E-state index in [-0.39, 0.29) is 5.92 Å². The molecule has 0 bridgehead atoms. The molecule has 0 saturated heterocycles. The van der Waals surface area contributed by atoms with Crippen molar-refractivity contribution in [3.8, 4) is 0 Å². The van der Waals surface area contributed by atoms with Crippen LogP contribution in [0.5, 0.6) is 0 Å². The Balaban J connectivity index is 1.66. The zero-order chi connectivity index (χ0) is 22.1. The minimum atomic E-state index is -0.644. The molecule has 6 atom stereocenters. The van der Waals surface area contributed by atoms with Gasteiger partial charge in [0.1, 0.15) is 0 Å². The lowest BCUT2D eigenvalue weighted by molar-refractivity contribution is 0.0283. The lowest BCUT2D eigenvalue weighted by Crippen LogP contribution is -2.36. The molecule has 3 heteroatoms. The van der Waals surface area contributed by atoms with Gasteiger partial charge in [-0.1, -0.05) is 51.0 Å². The SMILES string of the molecule is C=C1/C(=C/C=C2\CCCC3(C)C(CCCCC(C)(C)O)CCC23)CC(O)C(C)C1O. The largest absolute Gasteiger partial charge is 0.392 e. The third-order valence-corrected chi connectivity index (χ3v) is 8.55. The Kier molecular flexibility index (Phi) is 7.37. The molecule has 3 saturated carbocycles. The minimum Gasteiger partial charge on any atom is -0.392 e. The standard InChI is InChI=1S/C27H44O3/c1-18-21(17-24(28)19(2)25(18)29)12-11-20-9-8-16-27(5)22(13-14-23(20)27)10-6-7-15-26(3,4)30/h11-12,19,22-25,28-30H,1,6-10,13-17H2,2-5H3/b20-11+,21-12+. The van der Waals surface area contributed by atoms with Gasteiger partial charge in [-0.05, 0) is 93.6 Å². The fourth-order valence-corrected chi connectivity index (χ4v) is 6.41. The first-order valence-corrected chi connectivity index (χ1v) is 12.2. The molecule has 3 fully saturated rings. The maximum absolute atomic E-state index is 10.4. The smallest absolute Gasteiger partial charge is 0.0837 e. The Morgan fingerprint density at radius 2 is 1.90 bits per heavy atom. The van der Waals surface area contributed by atoms with Crippen LogP contribution in [-0.4, -0.2) is 33.1 Å². The van der Waals surface area contributed by atoms with E-state index in [1.807, 2.05) is 20.8 Å².